The molecular formula is C7H13BrN2O2. The number of carbonyl (C=O) groups excluding carboxylic acids is 2. The minimum Gasteiger partial charge on any atom is -0.369 e. The summed E-state index contributed by atoms with van der Waals surface area (Å²) in [5.41, 5.74) is 4.41. The zero-order valence-electron chi connectivity index (χ0n) is 7.19. The summed E-state index contributed by atoms with van der Waals surface area (Å²) in [5.74, 6) is -0.568. The lowest BCUT2D eigenvalue weighted by molar-refractivity contribution is -0.126. The van der Waals surface area contributed by atoms with E-state index in [1.807, 2.05) is 0 Å². The molecule has 0 aliphatic rings. The highest BCUT2D eigenvalue weighted by Crippen LogP contribution is 2.11. The van der Waals surface area contributed by atoms with Crippen molar-refractivity contribution in [2.45, 2.75) is 13.8 Å². The smallest absolute Gasteiger partial charge is 0.230 e. The number of alkyl halides is 1. The molecule has 0 fully saturated rings. The molecule has 0 aromatic heterocycles. The molecule has 0 aromatic carbocycles. The molecular weight excluding hydrogens is 224 g/mol. The summed E-state index contributed by atoms with van der Waals surface area (Å²) in [6, 6.07) is 0. The maximum absolute atomic E-state index is 10.8. The first-order valence-corrected chi connectivity index (χ1v) is 4.65. The van der Waals surface area contributed by atoms with Gasteiger partial charge in [0.2, 0.25) is 11.8 Å². The summed E-state index contributed by atoms with van der Waals surface area (Å²) in [4.78, 5) is 21.6. The van der Waals surface area contributed by atoms with Crippen LogP contribution in [0.5, 0.6) is 0 Å². The third-order valence-corrected chi connectivity index (χ3v) is 2.03. The van der Waals surface area contributed by atoms with Gasteiger partial charge in [-0.3, -0.25) is 9.59 Å². The van der Waals surface area contributed by atoms with E-state index in [2.05, 4.69) is 21.2 Å². The molecule has 0 saturated carbocycles. The molecule has 3 N–H and O–H groups in total. The lowest BCUT2D eigenvalue weighted by Gasteiger charge is -2.20. The Hall–Kier alpha value is -0.580. The van der Waals surface area contributed by atoms with Gasteiger partial charge in [-0.1, -0.05) is 15.9 Å². The van der Waals surface area contributed by atoms with Crippen molar-refractivity contribution < 1.29 is 9.59 Å². The molecule has 0 rings (SSSR count). The monoisotopic (exact) mass is 236 g/mol. The van der Waals surface area contributed by atoms with E-state index in [1.54, 1.807) is 13.8 Å². The molecule has 2 amide bonds. The first kappa shape index (κ1) is 11.4. The lowest BCUT2D eigenvalue weighted by Crippen LogP contribution is -2.42. The van der Waals surface area contributed by atoms with Crippen LogP contribution >= 0.6 is 15.9 Å². The van der Waals surface area contributed by atoms with Crippen LogP contribution in [0.15, 0.2) is 0 Å². The van der Waals surface area contributed by atoms with Crippen molar-refractivity contribution in [2.24, 2.45) is 11.1 Å². The van der Waals surface area contributed by atoms with Crippen molar-refractivity contribution in [3.63, 3.8) is 0 Å². The van der Waals surface area contributed by atoms with Crippen molar-refractivity contribution in [3.8, 4) is 0 Å². The highest BCUT2D eigenvalue weighted by molar-refractivity contribution is 9.09. The summed E-state index contributed by atoms with van der Waals surface area (Å²) >= 11 is 2.99. The number of hydrogen-bond acceptors (Lipinski definition) is 2. The number of halogens is 1. The second-order valence-corrected chi connectivity index (χ2v) is 3.72. The van der Waals surface area contributed by atoms with Gasteiger partial charge in [0.05, 0.1) is 10.7 Å². The van der Waals surface area contributed by atoms with Crippen molar-refractivity contribution in [3.05, 3.63) is 0 Å². The molecule has 5 heteroatoms. The predicted octanol–water partition coefficient (Wildman–Crippen LogP) is 0.00900. The molecule has 0 heterocycles. The topological polar surface area (TPSA) is 72.2 Å². The van der Waals surface area contributed by atoms with Gasteiger partial charge in [0.15, 0.2) is 0 Å². The summed E-state index contributed by atoms with van der Waals surface area (Å²) in [5, 5.41) is 2.81. The van der Waals surface area contributed by atoms with Crippen molar-refractivity contribution in [1.29, 1.82) is 0 Å². The Balaban J connectivity index is 3.92. The van der Waals surface area contributed by atoms with Gasteiger partial charge in [-0.25, -0.2) is 0 Å². The second kappa shape index (κ2) is 4.45. The fourth-order valence-corrected chi connectivity index (χ4v) is 0.652. The number of amides is 2. The first-order chi connectivity index (χ1) is 5.40. The largest absolute Gasteiger partial charge is 0.369 e. The molecule has 0 saturated heterocycles. The van der Waals surface area contributed by atoms with Crippen LogP contribution < -0.4 is 11.1 Å². The minimum absolute atomic E-state index is 0.149. The van der Waals surface area contributed by atoms with E-state index in [0.717, 1.165) is 0 Å². The molecule has 0 unspecified atom stereocenters. The summed E-state index contributed by atoms with van der Waals surface area (Å²) in [7, 11) is 0. The highest BCUT2D eigenvalue weighted by atomic mass is 79.9. The molecule has 4 nitrogen and oxygen atoms in total. The fourth-order valence-electron chi connectivity index (χ4n) is 0.454. The van der Waals surface area contributed by atoms with Gasteiger partial charge in [-0.05, 0) is 13.8 Å². The summed E-state index contributed by atoms with van der Waals surface area (Å²) < 4.78 is 0. The third-order valence-electron chi connectivity index (χ3n) is 1.52. The van der Waals surface area contributed by atoms with Gasteiger partial charge >= 0.3 is 0 Å². The Morgan fingerprint density at radius 3 is 2.33 bits per heavy atom. The van der Waals surface area contributed by atoms with Crippen LogP contribution in [-0.2, 0) is 9.59 Å². The molecule has 12 heavy (non-hydrogen) atoms. The average Bonchev–Trinajstić information content (AvgIpc) is 2.00. The first-order valence-electron chi connectivity index (χ1n) is 3.52. The van der Waals surface area contributed by atoms with Crippen LogP contribution in [0.4, 0.5) is 0 Å². The molecule has 0 spiro atoms. The van der Waals surface area contributed by atoms with Crippen molar-refractivity contribution in [2.75, 3.05) is 11.9 Å². The van der Waals surface area contributed by atoms with Crippen LogP contribution in [0.2, 0.25) is 0 Å². The molecule has 0 atom stereocenters. The van der Waals surface area contributed by atoms with Gasteiger partial charge in [0.1, 0.15) is 0 Å². The van der Waals surface area contributed by atoms with E-state index < -0.39 is 11.3 Å². The Morgan fingerprint density at radius 1 is 1.50 bits per heavy atom. The van der Waals surface area contributed by atoms with Crippen LogP contribution in [0, 0.1) is 5.41 Å². The zero-order chi connectivity index (χ0) is 9.78. The maximum Gasteiger partial charge on any atom is 0.230 e. The second-order valence-electron chi connectivity index (χ2n) is 3.16. The van der Waals surface area contributed by atoms with Crippen LogP contribution in [0.1, 0.15) is 13.8 Å². The highest BCUT2D eigenvalue weighted by Gasteiger charge is 2.24. The Labute approximate surface area is 80.0 Å². The summed E-state index contributed by atoms with van der Waals surface area (Å²) in [6.07, 6.45) is 0. The van der Waals surface area contributed by atoms with Crippen molar-refractivity contribution in [1.82, 2.24) is 5.32 Å². The number of nitrogens with two attached hydrogens (primary N) is 1. The fraction of sp³-hybridized carbons (Fsp3) is 0.714. The van der Waals surface area contributed by atoms with E-state index in [1.165, 1.54) is 0 Å². The van der Waals surface area contributed by atoms with E-state index in [0.29, 0.717) is 0 Å². The quantitative estimate of drug-likeness (QED) is 0.676. The van der Waals surface area contributed by atoms with E-state index in [4.69, 9.17) is 5.73 Å². The Morgan fingerprint density at radius 2 is 2.00 bits per heavy atom. The number of primary amides is 1. The van der Waals surface area contributed by atoms with E-state index >= 15 is 0 Å². The standard InChI is InChI=1S/C7H13BrN2O2/c1-7(2,6(9)12)4-10-5(11)3-8/h3-4H2,1-2H3,(H2,9,12)(H,10,11). The van der Waals surface area contributed by atoms with Crippen LogP contribution in [0.3, 0.4) is 0 Å². The average molecular weight is 237 g/mol. The Bertz CT molecular complexity index is 192. The lowest BCUT2D eigenvalue weighted by atomic mass is 9.93. The van der Waals surface area contributed by atoms with Gasteiger partial charge in [-0.15, -0.1) is 0 Å². The normalized spacial score (nSPS) is 10.9. The van der Waals surface area contributed by atoms with Crippen molar-refractivity contribution >= 4 is 27.7 Å². The van der Waals surface area contributed by atoms with Crippen LogP contribution in [-0.4, -0.2) is 23.7 Å². The van der Waals surface area contributed by atoms with Crippen LogP contribution in [0.25, 0.3) is 0 Å². The van der Waals surface area contributed by atoms with E-state index in [9.17, 15) is 9.59 Å². The zero-order valence-corrected chi connectivity index (χ0v) is 8.77. The molecule has 0 aliphatic carbocycles. The molecule has 0 bridgehead atoms. The van der Waals surface area contributed by atoms with Gasteiger partial charge < -0.3 is 11.1 Å². The number of rotatable bonds is 4. The third kappa shape index (κ3) is 3.71. The molecule has 0 radical (unpaired) electrons. The number of hydrogen-bond donors (Lipinski definition) is 2. The number of nitrogens with one attached hydrogen (secondary N) is 1. The SMILES string of the molecule is CC(C)(CNC(=O)CBr)C(N)=O. The minimum atomic E-state index is -0.683. The molecule has 0 aromatic rings. The van der Waals surface area contributed by atoms with Gasteiger partial charge in [0.25, 0.3) is 0 Å². The maximum atomic E-state index is 10.8. The Kier molecular flexibility index (Phi) is 4.23. The molecule has 70 valence electrons. The molecule has 0 aliphatic heterocycles. The van der Waals surface area contributed by atoms with Gasteiger partial charge in [-0.2, -0.15) is 0 Å². The van der Waals surface area contributed by atoms with Gasteiger partial charge in [0, 0.05) is 6.54 Å². The number of carbonyl (C=O) groups is 2. The predicted molar refractivity (Wildman–Crippen MR) is 49.8 cm³/mol. The summed E-state index contributed by atoms with van der Waals surface area (Å²) in [6.45, 7) is 3.64. The van der Waals surface area contributed by atoms with E-state index in [-0.39, 0.29) is 17.8 Å².